The van der Waals surface area contributed by atoms with E-state index in [-0.39, 0.29) is 5.91 Å². The predicted molar refractivity (Wildman–Crippen MR) is 68.3 cm³/mol. The summed E-state index contributed by atoms with van der Waals surface area (Å²) < 4.78 is 0. The molecule has 1 aromatic heterocycles. The average molecular weight is 253 g/mol. The van der Waals surface area contributed by atoms with E-state index in [1.807, 2.05) is 13.0 Å². The van der Waals surface area contributed by atoms with Gasteiger partial charge in [-0.3, -0.25) is 4.79 Å². The summed E-state index contributed by atoms with van der Waals surface area (Å²) in [5, 5.41) is 3.32. The van der Waals surface area contributed by atoms with Crippen molar-refractivity contribution in [1.82, 2.24) is 10.3 Å². The molecule has 1 aliphatic carbocycles. The number of carbonyl (C=O) groups is 1. The molecule has 1 aromatic rings. The molecule has 0 atom stereocenters. The maximum atomic E-state index is 12.0. The molecule has 3 nitrogen and oxygen atoms in total. The van der Waals surface area contributed by atoms with Crippen LogP contribution in [0.3, 0.4) is 0 Å². The second kappa shape index (κ2) is 5.50. The Bertz CT molecular complexity index is 414. The van der Waals surface area contributed by atoms with Crippen LogP contribution in [0.1, 0.15) is 48.2 Å². The van der Waals surface area contributed by atoms with Gasteiger partial charge in [-0.15, -0.1) is 0 Å². The molecule has 92 valence electrons. The van der Waals surface area contributed by atoms with Gasteiger partial charge in [0.1, 0.15) is 5.15 Å². The number of hydrogen-bond donors (Lipinski definition) is 1. The Morgan fingerprint density at radius 2 is 2.06 bits per heavy atom. The lowest BCUT2D eigenvalue weighted by atomic mass is 9.95. The van der Waals surface area contributed by atoms with Gasteiger partial charge >= 0.3 is 0 Å². The summed E-state index contributed by atoms with van der Waals surface area (Å²) in [6.45, 7) is 1.86. The molecule has 1 heterocycles. The van der Waals surface area contributed by atoms with E-state index < -0.39 is 0 Å². The van der Waals surface area contributed by atoms with E-state index in [0.717, 1.165) is 18.5 Å². The molecular weight excluding hydrogens is 236 g/mol. The zero-order chi connectivity index (χ0) is 12.3. The van der Waals surface area contributed by atoms with Crippen LogP contribution < -0.4 is 5.32 Å². The van der Waals surface area contributed by atoms with Gasteiger partial charge in [-0.1, -0.05) is 30.9 Å². The largest absolute Gasteiger partial charge is 0.349 e. The summed E-state index contributed by atoms with van der Waals surface area (Å²) in [6.07, 6.45) is 5.82. The number of rotatable bonds is 2. The Labute approximate surface area is 107 Å². The molecule has 1 fully saturated rings. The van der Waals surface area contributed by atoms with Crippen LogP contribution >= 0.6 is 11.6 Å². The molecule has 0 aromatic carbocycles. The molecule has 17 heavy (non-hydrogen) atoms. The van der Waals surface area contributed by atoms with E-state index in [1.165, 1.54) is 19.3 Å². The fourth-order valence-corrected chi connectivity index (χ4v) is 2.49. The Balaban J connectivity index is 2.03. The molecule has 0 spiro atoms. The predicted octanol–water partition coefficient (Wildman–Crippen LogP) is 3.11. The summed E-state index contributed by atoms with van der Waals surface area (Å²) in [5.41, 5.74) is 1.30. The third-order valence-corrected chi connectivity index (χ3v) is 3.46. The highest BCUT2D eigenvalue weighted by molar-refractivity contribution is 6.32. The zero-order valence-corrected chi connectivity index (χ0v) is 10.8. The molecule has 2 rings (SSSR count). The average Bonchev–Trinajstić information content (AvgIpc) is 2.30. The van der Waals surface area contributed by atoms with Crippen molar-refractivity contribution < 1.29 is 4.79 Å². The van der Waals surface area contributed by atoms with Gasteiger partial charge in [0.15, 0.2) is 0 Å². The molecule has 0 unspecified atom stereocenters. The van der Waals surface area contributed by atoms with E-state index in [9.17, 15) is 4.79 Å². The van der Waals surface area contributed by atoms with Crippen molar-refractivity contribution >= 4 is 17.5 Å². The topological polar surface area (TPSA) is 42.0 Å². The Morgan fingerprint density at radius 3 is 2.71 bits per heavy atom. The molecule has 0 bridgehead atoms. The molecule has 4 heteroatoms. The van der Waals surface area contributed by atoms with Gasteiger partial charge < -0.3 is 5.32 Å². The summed E-state index contributed by atoms with van der Waals surface area (Å²) >= 11 is 5.97. The van der Waals surface area contributed by atoms with E-state index >= 15 is 0 Å². The van der Waals surface area contributed by atoms with E-state index in [0.29, 0.717) is 16.8 Å². The molecule has 0 saturated heterocycles. The number of nitrogens with zero attached hydrogens (tertiary/aromatic N) is 1. The first-order valence-electron chi connectivity index (χ1n) is 6.11. The number of carbonyl (C=O) groups excluding carboxylic acids is 1. The van der Waals surface area contributed by atoms with Gasteiger partial charge in [-0.25, -0.2) is 4.98 Å². The summed E-state index contributed by atoms with van der Waals surface area (Å²) in [5.74, 6) is -0.102. The van der Waals surface area contributed by atoms with Crippen molar-refractivity contribution in [3.05, 3.63) is 28.5 Å². The van der Waals surface area contributed by atoms with Crippen LogP contribution in [0.2, 0.25) is 5.15 Å². The smallest absolute Gasteiger partial charge is 0.254 e. The van der Waals surface area contributed by atoms with Crippen molar-refractivity contribution in [2.45, 2.75) is 45.1 Å². The first-order valence-corrected chi connectivity index (χ1v) is 6.48. The number of amides is 1. The summed E-state index contributed by atoms with van der Waals surface area (Å²) in [6, 6.07) is 3.85. The molecular formula is C13H17ClN2O. The van der Waals surface area contributed by atoms with E-state index in [2.05, 4.69) is 10.3 Å². The first kappa shape index (κ1) is 12.4. The molecule has 1 N–H and O–H groups in total. The second-order valence-corrected chi connectivity index (χ2v) is 4.96. The van der Waals surface area contributed by atoms with E-state index in [4.69, 9.17) is 11.6 Å². The lowest BCUT2D eigenvalue weighted by molar-refractivity contribution is 0.0927. The number of pyridine rings is 1. The SMILES string of the molecule is Cc1ccc(C(=O)NC2CCCCC2)c(Cl)n1. The molecule has 0 radical (unpaired) electrons. The minimum Gasteiger partial charge on any atom is -0.349 e. The van der Waals surface area contributed by atoms with Crippen molar-refractivity contribution in [2.75, 3.05) is 0 Å². The summed E-state index contributed by atoms with van der Waals surface area (Å²) in [7, 11) is 0. The van der Waals surface area contributed by atoms with Gasteiger partial charge in [0, 0.05) is 11.7 Å². The Kier molecular flexibility index (Phi) is 4.00. The third-order valence-electron chi connectivity index (χ3n) is 3.17. The second-order valence-electron chi connectivity index (χ2n) is 4.60. The van der Waals surface area contributed by atoms with Crippen LogP contribution in [0.15, 0.2) is 12.1 Å². The van der Waals surface area contributed by atoms with Crippen LogP contribution in [-0.4, -0.2) is 16.9 Å². The number of halogens is 1. The molecule has 1 saturated carbocycles. The monoisotopic (exact) mass is 252 g/mol. The lowest BCUT2D eigenvalue weighted by Crippen LogP contribution is -2.36. The Morgan fingerprint density at radius 1 is 1.35 bits per heavy atom. The highest BCUT2D eigenvalue weighted by Gasteiger charge is 2.18. The maximum absolute atomic E-state index is 12.0. The minimum atomic E-state index is -0.102. The fraction of sp³-hybridized carbons (Fsp3) is 0.538. The summed E-state index contributed by atoms with van der Waals surface area (Å²) in [4.78, 5) is 16.1. The highest BCUT2D eigenvalue weighted by atomic mass is 35.5. The van der Waals surface area contributed by atoms with E-state index in [1.54, 1.807) is 6.07 Å². The maximum Gasteiger partial charge on any atom is 0.254 e. The Hall–Kier alpha value is -1.09. The molecule has 1 aliphatic rings. The number of nitrogens with one attached hydrogen (secondary N) is 1. The van der Waals surface area contributed by atoms with Crippen LogP contribution in [0.4, 0.5) is 0 Å². The van der Waals surface area contributed by atoms with Gasteiger partial charge in [0.05, 0.1) is 5.56 Å². The van der Waals surface area contributed by atoms with Crippen LogP contribution in [-0.2, 0) is 0 Å². The van der Waals surface area contributed by atoms with Crippen molar-refractivity contribution in [2.24, 2.45) is 0 Å². The third kappa shape index (κ3) is 3.19. The quantitative estimate of drug-likeness (QED) is 0.822. The fourth-order valence-electron chi connectivity index (χ4n) is 2.20. The van der Waals surface area contributed by atoms with Crippen LogP contribution in [0.25, 0.3) is 0 Å². The number of aromatic nitrogens is 1. The highest BCUT2D eigenvalue weighted by Crippen LogP contribution is 2.19. The van der Waals surface area contributed by atoms with Crippen LogP contribution in [0, 0.1) is 6.92 Å². The van der Waals surface area contributed by atoms with Crippen molar-refractivity contribution in [1.29, 1.82) is 0 Å². The first-order chi connectivity index (χ1) is 8.16. The zero-order valence-electron chi connectivity index (χ0n) is 10.0. The molecule has 0 aliphatic heterocycles. The molecule has 1 amide bonds. The van der Waals surface area contributed by atoms with Gasteiger partial charge in [-0.05, 0) is 31.9 Å². The van der Waals surface area contributed by atoms with Gasteiger partial charge in [0.25, 0.3) is 5.91 Å². The number of aryl methyl sites for hydroxylation is 1. The number of hydrogen-bond acceptors (Lipinski definition) is 2. The lowest BCUT2D eigenvalue weighted by Gasteiger charge is -2.22. The standard InChI is InChI=1S/C13H17ClN2O/c1-9-7-8-11(12(14)15-9)13(17)16-10-5-3-2-4-6-10/h7-8,10H,2-6H2,1H3,(H,16,17). The van der Waals surface area contributed by atoms with Crippen molar-refractivity contribution in [3.63, 3.8) is 0 Å². The normalized spacial score (nSPS) is 16.8. The van der Waals surface area contributed by atoms with Crippen LogP contribution in [0.5, 0.6) is 0 Å². The minimum absolute atomic E-state index is 0.102. The van der Waals surface area contributed by atoms with Gasteiger partial charge in [0.2, 0.25) is 0 Å². The van der Waals surface area contributed by atoms with Crippen molar-refractivity contribution in [3.8, 4) is 0 Å². The van der Waals surface area contributed by atoms with Gasteiger partial charge in [-0.2, -0.15) is 0 Å².